The molecule has 0 bridgehead atoms. The van der Waals surface area contributed by atoms with E-state index in [1.165, 1.54) is 47.5 Å². The molecular weight excluding hydrogens is 322 g/mol. The number of nitrogens with zero attached hydrogens (tertiary/aromatic N) is 1. The van der Waals surface area contributed by atoms with Crippen molar-refractivity contribution in [1.82, 2.24) is 4.57 Å². The molecule has 2 heterocycles. The molecule has 0 atom stereocenters. The highest BCUT2D eigenvalue weighted by molar-refractivity contribution is 7.26. The van der Waals surface area contributed by atoms with Crippen molar-refractivity contribution in [3.05, 3.63) is 60.2 Å². The van der Waals surface area contributed by atoms with Gasteiger partial charge in [0.05, 0.1) is 10.2 Å². The van der Waals surface area contributed by atoms with Crippen LogP contribution in [-0.2, 0) is 12.5 Å². The first kappa shape index (κ1) is 15.0. The first-order valence-corrected chi connectivity index (χ1v) is 9.60. The number of benzene rings is 3. The van der Waals surface area contributed by atoms with Crippen LogP contribution in [0.25, 0.3) is 42.0 Å². The number of thiophene rings is 1. The number of rotatable bonds is 0. The fraction of sp³-hybridized carbons (Fsp3) is 0.217. The zero-order valence-corrected chi connectivity index (χ0v) is 15.9. The van der Waals surface area contributed by atoms with Crippen LogP contribution in [0.15, 0.2) is 54.6 Å². The first-order valence-electron chi connectivity index (χ1n) is 8.78. The van der Waals surface area contributed by atoms with Crippen LogP contribution in [0, 0.1) is 0 Å². The second-order valence-electron chi connectivity index (χ2n) is 7.95. The van der Waals surface area contributed by atoms with Crippen LogP contribution >= 0.6 is 11.3 Å². The Morgan fingerprint density at radius 1 is 0.800 bits per heavy atom. The van der Waals surface area contributed by atoms with Crippen LogP contribution in [0.2, 0.25) is 0 Å². The van der Waals surface area contributed by atoms with Gasteiger partial charge in [-0.2, -0.15) is 0 Å². The zero-order valence-electron chi connectivity index (χ0n) is 15.1. The summed E-state index contributed by atoms with van der Waals surface area (Å²) >= 11 is 1.93. The summed E-state index contributed by atoms with van der Waals surface area (Å²) in [7, 11) is 2.19. The van der Waals surface area contributed by atoms with Crippen LogP contribution in [0.3, 0.4) is 0 Å². The van der Waals surface area contributed by atoms with Crippen molar-refractivity contribution in [3.8, 4) is 0 Å². The van der Waals surface area contributed by atoms with E-state index in [1.807, 2.05) is 11.3 Å². The Kier molecular flexibility index (Phi) is 2.91. The van der Waals surface area contributed by atoms with Gasteiger partial charge in [-0.15, -0.1) is 11.3 Å². The normalized spacial score (nSPS) is 12.8. The molecule has 3 aromatic carbocycles. The van der Waals surface area contributed by atoms with Crippen LogP contribution in [-0.4, -0.2) is 4.57 Å². The Bertz CT molecular complexity index is 1280. The molecule has 0 radical (unpaired) electrons. The molecule has 0 amide bonds. The summed E-state index contributed by atoms with van der Waals surface area (Å²) in [5, 5.41) is 5.52. The fourth-order valence-corrected chi connectivity index (χ4v) is 5.48. The summed E-state index contributed by atoms with van der Waals surface area (Å²) in [4.78, 5) is 0. The lowest BCUT2D eigenvalue weighted by molar-refractivity contribution is 0.596. The Labute approximate surface area is 151 Å². The molecule has 5 aromatic rings. The molecule has 2 aromatic heterocycles. The van der Waals surface area contributed by atoms with E-state index in [4.69, 9.17) is 0 Å². The SMILES string of the molecule is Cn1c2ccccc2c2ccc3c(sc4cccc(C(C)(C)C)c43)c21. The van der Waals surface area contributed by atoms with E-state index >= 15 is 0 Å². The van der Waals surface area contributed by atoms with Gasteiger partial charge in [0, 0.05) is 38.8 Å². The van der Waals surface area contributed by atoms with E-state index in [2.05, 4.69) is 87.0 Å². The van der Waals surface area contributed by atoms with E-state index < -0.39 is 0 Å². The highest BCUT2D eigenvalue weighted by Gasteiger charge is 2.21. The van der Waals surface area contributed by atoms with Crippen molar-refractivity contribution in [1.29, 1.82) is 0 Å². The monoisotopic (exact) mass is 343 g/mol. The van der Waals surface area contributed by atoms with Gasteiger partial charge in [-0.3, -0.25) is 0 Å². The molecule has 0 N–H and O–H groups in total. The fourth-order valence-electron chi connectivity index (χ4n) is 4.16. The molecule has 5 rings (SSSR count). The maximum absolute atomic E-state index is 2.36. The topological polar surface area (TPSA) is 4.93 Å². The van der Waals surface area contributed by atoms with Crippen LogP contribution < -0.4 is 0 Å². The minimum absolute atomic E-state index is 0.140. The quantitative estimate of drug-likeness (QED) is 0.285. The van der Waals surface area contributed by atoms with Gasteiger partial charge >= 0.3 is 0 Å². The summed E-state index contributed by atoms with van der Waals surface area (Å²) in [6.45, 7) is 6.92. The van der Waals surface area contributed by atoms with Gasteiger partial charge in [-0.05, 0) is 23.1 Å². The van der Waals surface area contributed by atoms with E-state index in [0.29, 0.717) is 0 Å². The average Bonchev–Trinajstić information content (AvgIpc) is 3.10. The summed E-state index contributed by atoms with van der Waals surface area (Å²) in [5.74, 6) is 0. The number of aromatic nitrogens is 1. The predicted molar refractivity (Wildman–Crippen MR) is 112 cm³/mol. The van der Waals surface area contributed by atoms with Crippen LogP contribution in [0.4, 0.5) is 0 Å². The predicted octanol–water partition coefficient (Wildman–Crippen LogP) is 7.00. The molecule has 0 spiro atoms. The molecule has 2 heteroatoms. The second kappa shape index (κ2) is 4.86. The van der Waals surface area contributed by atoms with Gasteiger partial charge < -0.3 is 4.57 Å². The number of hydrogen-bond donors (Lipinski definition) is 0. The Hall–Kier alpha value is -2.32. The summed E-state index contributed by atoms with van der Waals surface area (Å²) in [5.41, 5.74) is 4.24. The first-order chi connectivity index (χ1) is 12.0. The number of aryl methyl sites for hydroxylation is 1. The lowest BCUT2D eigenvalue weighted by Crippen LogP contribution is -2.11. The average molecular weight is 343 g/mol. The molecule has 124 valence electrons. The summed E-state index contributed by atoms with van der Waals surface area (Å²) < 4.78 is 5.15. The number of hydrogen-bond acceptors (Lipinski definition) is 1. The van der Waals surface area contributed by atoms with Crippen LogP contribution in [0.5, 0.6) is 0 Å². The third kappa shape index (κ3) is 1.95. The number of fused-ring (bicyclic) bond motifs is 7. The third-order valence-electron chi connectivity index (χ3n) is 5.34. The second-order valence-corrected chi connectivity index (χ2v) is 9.00. The van der Waals surface area contributed by atoms with Crippen molar-refractivity contribution in [2.45, 2.75) is 26.2 Å². The van der Waals surface area contributed by atoms with Gasteiger partial charge in [0.25, 0.3) is 0 Å². The van der Waals surface area contributed by atoms with Gasteiger partial charge in [-0.25, -0.2) is 0 Å². The van der Waals surface area contributed by atoms with Gasteiger partial charge in [0.1, 0.15) is 0 Å². The van der Waals surface area contributed by atoms with E-state index in [-0.39, 0.29) is 5.41 Å². The minimum Gasteiger partial charge on any atom is -0.342 e. The van der Waals surface area contributed by atoms with E-state index in [1.54, 1.807) is 0 Å². The lowest BCUT2D eigenvalue weighted by atomic mass is 9.84. The van der Waals surface area contributed by atoms with Crippen molar-refractivity contribution in [2.75, 3.05) is 0 Å². The van der Waals surface area contributed by atoms with Crippen LogP contribution in [0.1, 0.15) is 26.3 Å². The number of para-hydroxylation sites is 1. The molecule has 0 saturated heterocycles. The van der Waals surface area contributed by atoms with Gasteiger partial charge in [0.2, 0.25) is 0 Å². The molecule has 0 aliphatic heterocycles. The Balaban J connectivity index is 2.05. The highest BCUT2D eigenvalue weighted by atomic mass is 32.1. The van der Waals surface area contributed by atoms with E-state index in [9.17, 15) is 0 Å². The standard InChI is InChI=1S/C23H21NS/c1-23(2,3)17-9-7-11-19-20(17)16-13-12-15-14-8-5-6-10-18(14)24(4)21(15)22(16)25-19/h5-13H,1-4H3. The lowest BCUT2D eigenvalue weighted by Gasteiger charge is -2.20. The molecule has 0 aliphatic carbocycles. The summed E-state index contributed by atoms with van der Waals surface area (Å²) in [6.07, 6.45) is 0. The van der Waals surface area contributed by atoms with Crippen molar-refractivity contribution < 1.29 is 0 Å². The Morgan fingerprint density at radius 2 is 1.56 bits per heavy atom. The summed E-state index contributed by atoms with van der Waals surface area (Å²) in [6, 6.07) is 20.1. The van der Waals surface area contributed by atoms with Gasteiger partial charge in [-0.1, -0.05) is 63.2 Å². The molecule has 0 fully saturated rings. The van der Waals surface area contributed by atoms with Crippen molar-refractivity contribution in [3.63, 3.8) is 0 Å². The molecule has 0 unspecified atom stereocenters. The highest BCUT2D eigenvalue weighted by Crippen LogP contribution is 2.44. The van der Waals surface area contributed by atoms with Crippen molar-refractivity contribution >= 4 is 53.3 Å². The maximum Gasteiger partial charge on any atom is 0.0670 e. The maximum atomic E-state index is 2.36. The third-order valence-corrected chi connectivity index (χ3v) is 6.52. The smallest absolute Gasteiger partial charge is 0.0670 e. The molecule has 0 saturated carbocycles. The minimum atomic E-state index is 0.140. The zero-order chi connectivity index (χ0) is 17.3. The molecule has 1 nitrogen and oxygen atoms in total. The molecule has 0 aliphatic rings. The molecule has 25 heavy (non-hydrogen) atoms. The molecular formula is C23H21NS. The van der Waals surface area contributed by atoms with E-state index in [0.717, 1.165) is 0 Å². The van der Waals surface area contributed by atoms with Crippen molar-refractivity contribution in [2.24, 2.45) is 7.05 Å². The largest absolute Gasteiger partial charge is 0.342 e. The van der Waals surface area contributed by atoms with Gasteiger partial charge in [0.15, 0.2) is 0 Å². The Morgan fingerprint density at radius 3 is 2.36 bits per heavy atom.